The third-order valence-electron chi connectivity index (χ3n) is 1.27. The van der Waals surface area contributed by atoms with E-state index < -0.39 is 0 Å². The molecule has 0 aliphatic rings. The first-order valence-electron chi connectivity index (χ1n) is 3.09. The maximum atomic E-state index is 5.42. The molecule has 0 atom stereocenters. The number of rotatable bonds is 1. The molecule has 5 heteroatoms. The molecule has 0 saturated carbocycles. The Morgan fingerprint density at radius 2 is 2.36 bits per heavy atom. The number of nitrogens with zero attached hydrogens (tertiary/aromatic N) is 2. The van der Waals surface area contributed by atoms with E-state index in [4.69, 9.17) is 5.73 Å². The molecule has 2 aromatic rings. The molecule has 0 aliphatic heterocycles. The molecular weight excluding hydrogens is 160 g/mol. The summed E-state index contributed by atoms with van der Waals surface area (Å²) in [6.07, 6.45) is 1.84. The van der Waals surface area contributed by atoms with Crippen LogP contribution in [0.1, 0.15) is 0 Å². The van der Waals surface area contributed by atoms with Gasteiger partial charge in [0.05, 0.1) is 5.69 Å². The first-order valence-corrected chi connectivity index (χ1v) is 3.90. The van der Waals surface area contributed by atoms with Crippen LogP contribution in [0.2, 0.25) is 0 Å². The minimum absolute atomic E-state index is 0.495. The molecule has 2 heterocycles. The van der Waals surface area contributed by atoms with Gasteiger partial charge in [-0.05, 0) is 12.1 Å². The maximum absolute atomic E-state index is 5.42. The lowest BCUT2D eigenvalue weighted by atomic mass is 10.5. The summed E-state index contributed by atoms with van der Waals surface area (Å²) in [5.74, 6) is 0. The van der Waals surface area contributed by atoms with Gasteiger partial charge in [-0.1, -0.05) is 11.3 Å². The van der Waals surface area contributed by atoms with Crippen LogP contribution >= 0.6 is 11.3 Å². The van der Waals surface area contributed by atoms with Crippen molar-refractivity contribution in [3.05, 3.63) is 18.3 Å². The summed E-state index contributed by atoms with van der Waals surface area (Å²) in [5, 5.41) is 8.89. The minimum Gasteiger partial charge on any atom is -0.374 e. The van der Waals surface area contributed by atoms with Crippen LogP contribution in [0.5, 0.6) is 0 Å². The van der Waals surface area contributed by atoms with E-state index in [2.05, 4.69) is 15.2 Å². The number of hydrogen-bond acceptors (Lipinski definition) is 4. The topological polar surface area (TPSA) is 67.6 Å². The molecule has 56 valence electrons. The number of nitrogen functional groups attached to an aromatic ring is 1. The molecular formula is C6H6N4S. The molecule has 2 rings (SSSR count). The van der Waals surface area contributed by atoms with Gasteiger partial charge in [0, 0.05) is 6.20 Å². The fourth-order valence-electron chi connectivity index (χ4n) is 0.807. The summed E-state index contributed by atoms with van der Waals surface area (Å²) in [5.41, 5.74) is 6.37. The second-order valence-electron chi connectivity index (χ2n) is 2.03. The molecule has 0 aromatic carbocycles. The molecule has 0 bridgehead atoms. The van der Waals surface area contributed by atoms with Gasteiger partial charge < -0.3 is 10.7 Å². The molecule has 0 spiro atoms. The van der Waals surface area contributed by atoms with Gasteiger partial charge in [-0.15, -0.1) is 10.2 Å². The van der Waals surface area contributed by atoms with E-state index in [1.807, 2.05) is 18.3 Å². The van der Waals surface area contributed by atoms with E-state index in [-0.39, 0.29) is 0 Å². The van der Waals surface area contributed by atoms with Crippen molar-refractivity contribution in [3.8, 4) is 10.7 Å². The molecule has 11 heavy (non-hydrogen) atoms. The van der Waals surface area contributed by atoms with Crippen LogP contribution in [0.15, 0.2) is 18.3 Å². The highest BCUT2D eigenvalue weighted by atomic mass is 32.1. The van der Waals surface area contributed by atoms with E-state index >= 15 is 0 Å². The van der Waals surface area contributed by atoms with Crippen molar-refractivity contribution in [2.24, 2.45) is 0 Å². The number of nitrogens with two attached hydrogens (primary N) is 1. The van der Waals surface area contributed by atoms with Crippen molar-refractivity contribution in [2.75, 3.05) is 5.73 Å². The van der Waals surface area contributed by atoms with E-state index in [0.717, 1.165) is 10.7 Å². The van der Waals surface area contributed by atoms with Crippen LogP contribution in [-0.4, -0.2) is 15.2 Å². The van der Waals surface area contributed by atoms with Crippen molar-refractivity contribution < 1.29 is 0 Å². The van der Waals surface area contributed by atoms with Crippen LogP contribution in [0.25, 0.3) is 10.7 Å². The van der Waals surface area contributed by atoms with Crippen molar-refractivity contribution >= 4 is 16.5 Å². The lowest BCUT2D eigenvalue weighted by Crippen LogP contribution is -1.80. The first-order chi connectivity index (χ1) is 5.36. The molecule has 4 nitrogen and oxygen atoms in total. The Hall–Kier alpha value is -1.36. The predicted molar refractivity (Wildman–Crippen MR) is 44.1 cm³/mol. The van der Waals surface area contributed by atoms with Crippen LogP contribution in [-0.2, 0) is 0 Å². The smallest absolute Gasteiger partial charge is 0.203 e. The number of nitrogens with one attached hydrogen (secondary N) is 1. The summed E-state index contributed by atoms with van der Waals surface area (Å²) < 4.78 is 0. The summed E-state index contributed by atoms with van der Waals surface area (Å²) in [4.78, 5) is 3.02. The summed E-state index contributed by atoms with van der Waals surface area (Å²) >= 11 is 1.37. The molecule has 0 aliphatic carbocycles. The molecule has 2 aromatic heterocycles. The van der Waals surface area contributed by atoms with Gasteiger partial charge in [0.1, 0.15) is 0 Å². The van der Waals surface area contributed by atoms with Crippen molar-refractivity contribution in [2.45, 2.75) is 0 Å². The Balaban J connectivity index is 2.45. The van der Waals surface area contributed by atoms with Gasteiger partial charge >= 0.3 is 0 Å². The van der Waals surface area contributed by atoms with Crippen LogP contribution in [0.4, 0.5) is 5.13 Å². The van der Waals surface area contributed by atoms with Crippen molar-refractivity contribution in [1.29, 1.82) is 0 Å². The van der Waals surface area contributed by atoms with Gasteiger partial charge in [0.25, 0.3) is 0 Å². The predicted octanol–water partition coefficient (Wildman–Crippen LogP) is 1.12. The van der Waals surface area contributed by atoms with E-state index in [1.54, 1.807) is 0 Å². The Bertz CT molecular complexity index is 337. The van der Waals surface area contributed by atoms with Gasteiger partial charge in [-0.2, -0.15) is 0 Å². The van der Waals surface area contributed by atoms with Crippen LogP contribution in [0, 0.1) is 0 Å². The maximum Gasteiger partial charge on any atom is 0.203 e. The lowest BCUT2D eigenvalue weighted by Gasteiger charge is -1.83. The van der Waals surface area contributed by atoms with Crippen molar-refractivity contribution in [3.63, 3.8) is 0 Å². The minimum atomic E-state index is 0.495. The summed E-state index contributed by atoms with van der Waals surface area (Å²) in [6, 6.07) is 3.84. The average molecular weight is 166 g/mol. The highest BCUT2D eigenvalue weighted by molar-refractivity contribution is 7.18. The monoisotopic (exact) mass is 166 g/mol. The SMILES string of the molecule is Nc1nnc(-c2ccc[nH]2)s1. The van der Waals surface area contributed by atoms with Gasteiger partial charge in [-0.3, -0.25) is 0 Å². The Labute approximate surface area is 67.1 Å². The van der Waals surface area contributed by atoms with Gasteiger partial charge in [-0.25, -0.2) is 0 Å². The quantitative estimate of drug-likeness (QED) is 0.667. The number of hydrogen-bond donors (Lipinski definition) is 2. The Morgan fingerprint density at radius 3 is 2.91 bits per heavy atom. The highest BCUT2D eigenvalue weighted by Gasteiger charge is 2.02. The Morgan fingerprint density at radius 1 is 1.45 bits per heavy atom. The molecule has 0 saturated heterocycles. The highest BCUT2D eigenvalue weighted by Crippen LogP contribution is 2.22. The average Bonchev–Trinajstić information content (AvgIpc) is 2.55. The number of anilines is 1. The van der Waals surface area contributed by atoms with E-state index in [0.29, 0.717) is 5.13 Å². The third-order valence-corrected chi connectivity index (χ3v) is 2.05. The summed E-state index contributed by atoms with van der Waals surface area (Å²) in [6.45, 7) is 0. The van der Waals surface area contributed by atoms with Crippen LogP contribution in [0.3, 0.4) is 0 Å². The molecule has 0 fully saturated rings. The third kappa shape index (κ3) is 1.10. The number of H-pyrrole nitrogens is 1. The second-order valence-corrected chi connectivity index (χ2v) is 3.04. The zero-order valence-corrected chi connectivity index (χ0v) is 6.43. The lowest BCUT2D eigenvalue weighted by molar-refractivity contribution is 1.10. The molecule has 0 unspecified atom stereocenters. The second kappa shape index (κ2) is 2.35. The molecule has 0 radical (unpaired) electrons. The fourth-order valence-corrected chi connectivity index (χ4v) is 1.41. The van der Waals surface area contributed by atoms with Crippen molar-refractivity contribution in [1.82, 2.24) is 15.2 Å². The standard InChI is InChI=1S/C6H6N4S/c7-6-10-9-5(11-6)4-2-1-3-8-4/h1-3,8H,(H2,7,10). The zero-order chi connectivity index (χ0) is 7.68. The zero-order valence-electron chi connectivity index (χ0n) is 5.61. The fraction of sp³-hybridized carbons (Fsp3) is 0. The molecule has 0 amide bonds. The Kier molecular flexibility index (Phi) is 1.36. The van der Waals surface area contributed by atoms with Crippen LogP contribution < -0.4 is 5.73 Å². The number of aromatic amines is 1. The van der Waals surface area contributed by atoms with E-state index in [1.165, 1.54) is 11.3 Å². The molecule has 3 N–H and O–H groups in total. The largest absolute Gasteiger partial charge is 0.374 e. The first kappa shape index (κ1) is 6.36. The van der Waals surface area contributed by atoms with E-state index in [9.17, 15) is 0 Å². The summed E-state index contributed by atoms with van der Waals surface area (Å²) in [7, 11) is 0. The van der Waals surface area contributed by atoms with Gasteiger partial charge in [0.2, 0.25) is 5.13 Å². The number of aromatic nitrogens is 3. The van der Waals surface area contributed by atoms with Gasteiger partial charge in [0.15, 0.2) is 5.01 Å². The normalized spacial score (nSPS) is 10.2.